The van der Waals surface area contributed by atoms with Gasteiger partial charge >= 0.3 is 0 Å². The highest BCUT2D eigenvalue weighted by atomic mass is 16.6. The molecule has 2 unspecified atom stereocenters. The van der Waals surface area contributed by atoms with Crippen molar-refractivity contribution in [1.82, 2.24) is 0 Å². The fourth-order valence-electron chi connectivity index (χ4n) is 4.20. The van der Waals surface area contributed by atoms with E-state index >= 15 is 0 Å². The molecule has 2 atom stereocenters. The van der Waals surface area contributed by atoms with Crippen LogP contribution in [0.15, 0.2) is 66.7 Å². The number of hydrogen-bond acceptors (Lipinski definition) is 2. The van der Waals surface area contributed by atoms with Gasteiger partial charge in [-0.25, -0.2) is 0 Å². The molecule has 2 heteroatoms. The maximum Gasteiger partial charge on any atom is 0.208 e. The van der Waals surface area contributed by atoms with E-state index in [1.54, 1.807) is 0 Å². The Morgan fingerprint density at radius 1 is 0.733 bits per heavy atom. The Hall–Kier alpha value is -2.58. The monoisotopic (exact) mass is 400 g/mol. The molecule has 1 aliphatic rings. The van der Waals surface area contributed by atoms with Crippen molar-refractivity contribution in [2.45, 2.75) is 64.6 Å². The Balaban J connectivity index is 1.81. The van der Waals surface area contributed by atoms with Crippen LogP contribution in [0.25, 0.3) is 11.1 Å². The van der Waals surface area contributed by atoms with Crippen molar-refractivity contribution in [3.05, 3.63) is 89.0 Å². The maximum absolute atomic E-state index is 10.9. The minimum Gasteiger partial charge on any atom is -0.463 e. The number of aliphatic hydroxyl groups excluding tert-OH is 1. The second kappa shape index (κ2) is 7.28. The highest BCUT2D eigenvalue weighted by molar-refractivity contribution is 5.64. The summed E-state index contributed by atoms with van der Waals surface area (Å²) in [4.78, 5) is 0. The van der Waals surface area contributed by atoms with Crippen LogP contribution in [0, 0.1) is 0 Å². The quantitative estimate of drug-likeness (QED) is 0.513. The van der Waals surface area contributed by atoms with Gasteiger partial charge in [-0.05, 0) is 33.1 Å². The van der Waals surface area contributed by atoms with Crippen LogP contribution >= 0.6 is 0 Å². The number of aliphatic hydroxyl groups is 1. The second-order valence-corrected chi connectivity index (χ2v) is 10.4. The van der Waals surface area contributed by atoms with Crippen LogP contribution in [0.4, 0.5) is 0 Å². The summed E-state index contributed by atoms with van der Waals surface area (Å²) in [6.07, 6.45) is -0.876. The van der Waals surface area contributed by atoms with E-state index in [2.05, 4.69) is 102 Å². The molecule has 0 spiro atoms. The van der Waals surface area contributed by atoms with Crippen LogP contribution in [-0.2, 0) is 10.8 Å². The van der Waals surface area contributed by atoms with Crippen molar-refractivity contribution in [2.24, 2.45) is 0 Å². The Kier molecular flexibility index (Phi) is 5.02. The summed E-state index contributed by atoms with van der Waals surface area (Å²) in [6.45, 7) is 13.3. The van der Waals surface area contributed by atoms with E-state index in [1.165, 1.54) is 16.7 Å². The molecule has 1 heterocycles. The lowest BCUT2D eigenvalue weighted by molar-refractivity contribution is -0.0105. The fourth-order valence-corrected chi connectivity index (χ4v) is 4.20. The summed E-state index contributed by atoms with van der Waals surface area (Å²) in [5, 5.41) is 10.9. The SMILES string of the molecule is CC(C)(C)c1cc2c(c(C(C)(C)C)c1)OC(O)C2c1ccc(-c2ccccc2)cc1. The summed E-state index contributed by atoms with van der Waals surface area (Å²) in [5.74, 6) is 0.661. The normalized spacial score (nSPS) is 18.8. The van der Waals surface area contributed by atoms with Gasteiger partial charge in [-0.2, -0.15) is 0 Å². The van der Waals surface area contributed by atoms with Gasteiger partial charge in [0, 0.05) is 11.1 Å². The number of fused-ring (bicyclic) bond motifs is 1. The van der Waals surface area contributed by atoms with Gasteiger partial charge in [0.25, 0.3) is 0 Å². The van der Waals surface area contributed by atoms with E-state index in [-0.39, 0.29) is 16.7 Å². The van der Waals surface area contributed by atoms with Crippen molar-refractivity contribution < 1.29 is 9.84 Å². The molecule has 0 aliphatic carbocycles. The van der Waals surface area contributed by atoms with Crippen LogP contribution < -0.4 is 4.74 Å². The summed E-state index contributed by atoms with van der Waals surface area (Å²) in [5.41, 5.74) is 6.91. The summed E-state index contributed by atoms with van der Waals surface area (Å²) >= 11 is 0. The highest BCUT2D eigenvalue weighted by Gasteiger charge is 2.39. The summed E-state index contributed by atoms with van der Waals surface area (Å²) in [7, 11) is 0. The lowest BCUT2D eigenvalue weighted by Crippen LogP contribution is -2.19. The van der Waals surface area contributed by atoms with Gasteiger partial charge < -0.3 is 9.84 Å². The molecule has 0 radical (unpaired) electrons. The van der Waals surface area contributed by atoms with E-state index in [4.69, 9.17) is 4.74 Å². The molecule has 4 rings (SSSR count). The lowest BCUT2D eigenvalue weighted by atomic mass is 9.77. The molecule has 2 nitrogen and oxygen atoms in total. The van der Waals surface area contributed by atoms with Crippen LogP contribution in [-0.4, -0.2) is 11.4 Å². The molecule has 30 heavy (non-hydrogen) atoms. The molecule has 1 N–H and O–H groups in total. The molecule has 0 fully saturated rings. The first-order valence-corrected chi connectivity index (χ1v) is 10.7. The zero-order valence-electron chi connectivity index (χ0n) is 18.9. The van der Waals surface area contributed by atoms with Gasteiger partial charge in [0.05, 0.1) is 5.92 Å². The third kappa shape index (κ3) is 3.77. The van der Waals surface area contributed by atoms with E-state index < -0.39 is 6.29 Å². The first-order chi connectivity index (χ1) is 14.1. The molecule has 0 saturated carbocycles. The third-order valence-corrected chi connectivity index (χ3v) is 6.03. The summed E-state index contributed by atoms with van der Waals surface area (Å²) in [6, 6.07) is 23.4. The van der Waals surface area contributed by atoms with Crippen molar-refractivity contribution in [1.29, 1.82) is 0 Å². The maximum atomic E-state index is 10.9. The summed E-state index contributed by atoms with van der Waals surface area (Å²) < 4.78 is 6.07. The molecule has 3 aromatic carbocycles. The Bertz CT molecular complexity index is 1030. The third-order valence-electron chi connectivity index (χ3n) is 6.03. The molecule has 0 saturated heterocycles. The van der Waals surface area contributed by atoms with Crippen molar-refractivity contribution in [2.75, 3.05) is 0 Å². The topological polar surface area (TPSA) is 29.5 Å². The van der Waals surface area contributed by atoms with Crippen molar-refractivity contribution in [3.63, 3.8) is 0 Å². The van der Waals surface area contributed by atoms with E-state index in [0.717, 1.165) is 22.4 Å². The van der Waals surface area contributed by atoms with E-state index in [1.807, 2.05) is 6.07 Å². The Morgan fingerprint density at radius 3 is 1.90 bits per heavy atom. The molecule has 0 amide bonds. The Labute approximate surface area is 180 Å². The van der Waals surface area contributed by atoms with E-state index in [0.29, 0.717) is 0 Å². The standard InChI is InChI=1S/C28H32O2/c1-27(2,3)21-16-22-24(26(29)30-25(22)23(17-21)28(4,5)6)20-14-12-19(13-15-20)18-10-8-7-9-11-18/h7-17,24,26,29H,1-6H3. The van der Waals surface area contributed by atoms with Crippen molar-refractivity contribution in [3.8, 4) is 16.9 Å². The van der Waals surface area contributed by atoms with Gasteiger partial charge in [0.1, 0.15) is 5.75 Å². The fraction of sp³-hybridized carbons (Fsp3) is 0.357. The first-order valence-electron chi connectivity index (χ1n) is 10.7. The predicted molar refractivity (Wildman–Crippen MR) is 124 cm³/mol. The molecule has 0 bridgehead atoms. The second-order valence-electron chi connectivity index (χ2n) is 10.4. The van der Waals surface area contributed by atoms with Crippen LogP contribution in [0.5, 0.6) is 5.75 Å². The minimum atomic E-state index is -0.876. The van der Waals surface area contributed by atoms with Gasteiger partial charge in [0.15, 0.2) is 0 Å². The largest absolute Gasteiger partial charge is 0.463 e. The number of hydrogen-bond donors (Lipinski definition) is 1. The number of rotatable bonds is 2. The van der Waals surface area contributed by atoms with E-state index in [9.17, 15) is 5.11 Å². The zero-order valence-corrected chi connectivity index (χ0v) is 18.9. The van der Waals surface area contributed by atoms with Crippen LogP contribution in [0.3, 0.4) is 0 Å². The smallest absolute Gasteiger partial charge is 0.208 e. The van der Waals surface area contributed by atoms with Crippen LogP contribution in [0.1, 0.15) is 69.7 Å². The molecule has 3 aromatic rings. The minimum absolute atomic E-state index is 0.0181. The Morgan fingerprint density at radius 2 is 1.33 bits per heavy atom. The van der Waals surface area contributed by atoms with Gasteiger partial charge in [-0.1, -0.05) is 108 Å². The van der Waals surface area contributed by atoms with Crippen molar-refractivity contribution >= 4 is 0 Å². The molecular weight excluding hydrogens is 368 g/mol. The molecular formula is C28H32O2. The highest BCUT2D eigenvalue weighted by Crippen LogP contribution is 2.48. The molecule has 0 aromatic heterocycles. The average Bonchev–Trinajstić information content (AvgIpc) is 3.02. The van der Waals surface area contributed by atoms with Crippen LogP contribution in [0.2, 0.25) is 0 Å². The molecule has 156 valence electrons. The molecule has 1 aliphatic heterocycles. The number of ether oxygens (including phenoxy) is 1. The average molecular weight is 401 g/mol. The first kappa shape index (κ1) is 20.7. The zero-order chi connectivity index (χ0) is 21.7. The van der Waals surface area contributed by atoms with Gasteiger partial charge in [-0.15, -0.1) is 0 Å². The number of benzene rings is 3. The predicted octanol–water partition coefficient (Wildman–Crippen LogP) is 6.79. The van der Waals surface area contributed by atoms with Gasteiger partial charge in [-0.3, -0.25) is 0 Å². The van der Waals surface area contributed by atoms with Gasteiger partial charge in [0.2, 0.25) is 6.29 Å². The lowest BCUT2D eigenvalue weighted by Gasteiger charge is -2.27.